The Balaban J connectivity index is 0.972. The Hall–Kier alpha value is -3.53. The average molecular weight is 813 g/mol. The number of rotatable bonds is 10. The molecule has 1 aliphatic heterocycles. The molecule has 0 aromatic heterocycles. The molecule has 1 heterocycles. The summed E-state index contributed by atoms with van der Waals surface area (Å²) in [6.07, 6.45) is 10.4. The zero-order valence-electron chi connectivity index (χ0n) is 36.7. The molecule has 6 aliphatic carbocycles. The quantitative estimate of drug-likeness (QED) is 0.180. The van der Waals surface area contributed by atoms with Crippen LogP contribution in [0.4, 0.5) is 0 Å². The number of benzene rings is 1. The number of carbonyl (C=O) groups excluding carboxylic acids is 5. The van der Waals surface area contributed by atoms with E-state index in [0.29, 0.717) is 55.1 Å². The zero-order chi connectivity index (χ0) is 42.2. The summed E-state index contributed by atoms with van der Waals surface area (Å²) in [7, 11) is 0. The normalized spacial score (nSPS) is 40.2. The van der Waals surface area contributed by atoms with Gasteiger partial charge in [0.15, 0.2) is 5.78 Å². The van der Waals surface area contributed by atoms with Crippen LogP contribution in [-0.2, 0) is 28.7 Å². The number of hydrogen-bond acceptors (Lipinski definition) is 8. The molecule has 13 unspecified atom stereocenters. The van der Waals surface area contributed by atoms with Crippen molar-refractivity contribution in [1.29, 1.82) is 0 Å². The number of ether oxygens (including phenoxy) is 3. The van der Waals surface area contributed by atoms with E-state index >= 15 is 0 Å². The van der Waals surface area contributed by atoms with Crippen LogP contribution in [0, 0.1) is 64.1 Å². The van der Waals surface area contributed by atoms with Crippen molar-refractivity contribution in [3.05, 3.63) is 41.0 Å². The lowest BCUT2D eigenvalue weighted by atomic mass is 9.38. The van der Waals surface area contributed by atoms with E-state index in [1.165, 1.54) is 5.57 Å². The van der Waals surface area contributed by atoms with E-state index in [2.05, 4.69) is 45.3 Å². The predicted molar refractivity (Wildman–Crippen MR) is 223 cm³/mol. The van der Waals surface area contributed by atoms with Gasteiger partial charge in [0.25, 0.3) is 5.91 Å². The topological polar surface area (TPSA) is 137 Å². The molecule has 0 radical (unpaired) electrons. The van der Waals surface area contributed by atoms with E-state index in [-0.39, 0.29) is 88.5 Å². The molecule has 0 bridgehead atoms. The van der Waals surface area contributed by atoms with Gasteiger partial charge in [0, 0.05) is 24.3 Å². The summed E-state index contributed by atoms with van der Waals surface area (Å²) >= 11 is 0. The average Bonchev–Trinajstić information content (AvgIpc) is 3.80. The van der Waals surface area contributed by atoms with E-state index in [1.807, 2.05) is 6.92 Å². The molecule has 1 saturated heterocycles. The van der Waals surface area contributed by atoms with Crippen molar-refractivity contribution in [1.82, 2.24) is 10.6 Å². The maximum atomic E-state index is 14.4. The SMILES string of the molecule is CC(C)C1=C2C3CCC4C(C)(CCC5C(C)C(OC(=O)C6CC(C=O)C6C)CCC54C)C3CCC2(NC(=O)C(C)(C)NC(=O)c2ccc(OC3CCOC3)cc2)CC1=O. The van der Waals surface area contributed by atoms with Gasteiger partial charge in [-0.15, -0.1) is 0 Å². The Kier molecular flexibility index (Phi) is 11.0. The number of amides is 2. The molecule has 2 amide bonds. The largest absolute Gasteiger partial charge is 0.488 e. The summed E-state index contributed by atoms with van der Waals surface area (Å²) in [5, 5.41) is 6.44. The smallest absolute Gasteiger partial charge is 0.309 e. The van der Waals surface area contributed by atoms with E-state index in [0.717, 1.165) is 63.2 Å². The van der Waals surface area contributed by atoms with Gasteiger partial charge in [-0.1, -0.05) is 41.5 Å². The summed E-state index contributed by atoms with van der Waals surface area (Å²) in [4.78, 5) is 66.7. The first-order chi connectivity index (χ1) is 27.9. The molecule has 5 saturated carbocycles. The van der Waals surface area contributed by atoms with Crippen LogP contribution >= 0.6 is 0 Å². The van der Waals surface area contributed by atoms with Crippen molar-refractivity contribution < 1.29 is 38.2 Å². The second-order valence-corrected chi connectivity index (χ2v) is 21.2. The van der Waals surface area contributed by atoms with Gasteiger partial charge < -0.3 is 29.6 Å². The minimum absolute atomic E-state index is 0.00963. The number of Topliss-reactive ketones (excluding diaryl/α,β-unsaturated/α-hetero) is 1. The highest BCUT2D eigenvalue weighted by Crippen LogP contribution is 2.70. The van der Waals surface area contributed by atoms with E-state index in [4.69, 9.17) is 14.2 Å². The first kappa shape index (κ1) is 42.2. The van der Waals surface area contributed by atoms with Crippen molar-refractivity contribution in [3.63, 3.8) is 0 Å². The summed E-state index contributed by atoms with van der Waals surface area (Å²) < 4.78 is 17.7. The van der Waals surface area contributed by atoms with Crippen LogP contribution in [0.3, 0.4) is 0 Å². The van der Waals surface area contributed by atoms with Gasteiger partial charge in [-0.25, -0.2) is 0 Å². The number of nitrogens with one attached hydrogen (secondary N) is 2. The lowest BCUT2D eigenvalue weighted by Gasteiger charge is -2.67. The molecule has 0 spiro atoms. The van der Waals surface area contributed by atoms with Crippen molar-refractivity contribution in [2.75, 3.05) is 13.2 Å². The van der Waals surface area contributed by atoms with Crippen molar-refractivity contribution in [2.45, 2.75) is 149 Å². The fourth-order valence-corrected chi connectivity index (χ4v) is 14.0. The van der Waals surface area contributed by atoms with Gasteiger partial charge in [0.1, 0.15) is 29.8 Å². The third kappa shape index (κ3) is 7.09. The summed E-state index contributed by atoms with van der Waals surface area (Å²) in [5.74, 6) is 1.82. The van der Waals surface area contributed by atoms with Crippen molar-refractivity contribution in [2.24, 2.45) is 64.1 Å². The van der Waals surface area contributed by atoms with Gasteiger partial charge in [-0.3, -0.25) is 19.2 Å². The molecular weight excluding hydrogens is 745 g/mol. The van der Waals surface area contributed by atoms with Crippen LogP contribution in [0.25, 0.3) is 0 Å². The highest BCUT2D eigenvalue weighted by molar-refractivity contribution is 6.03. The number of allylic oxidation sites excluding steroid dienone is 1. The van der Waals surface area contributed by atoms with Gasteiger partial charge in [-0.05, 0) is 159 Å². The van der Waals surface area contributed by atoms with Gasteiger partial charge in [0.2, 0.25) is 5.91 Å². The van der Waals surface area contributed by atoms with Crippen LogP contribution < -0.4 is 15.4 Å². The number of ketones is 1. The van der Waals surface area contributed by atoms with Crippen molar-refractivity contribution in [3.8, 4) is 5.75 Å². The molecule has 6 fully saturated rings. The molecule has 10 nitrogen and oxygen atoms in total. The molecule has 1 aromatic rings. The summed E-state index contributed by atoms with van der Waals surface area (Å²) in [6, 6.07) is 6.99. The van der Waals surface area contributed by atoms with E-state index < -0.39 is 11.1 Å². The molecule has 2 N–H and O–H groups in total. The maximum Gasteiger partial charge on any atom is 0.309 e. The standard InChI is InChI=1S/C49H68N2O8/c1-27(2)41-38(53)24-49(51-45(56)46(5,6)50-43(54)30-9-11-32(12-10-30)58-33-18-22-57-26-33)21-16-37-34(42(41)49)13-14-40-47(7)20-17-39(29(4)36(47)15-19-48(37,40)8)59-44(55)35-23-31(25-52)28(35)3/h9-12,25,27-29,31,33-37,39-40H,13-24,26H2,1-8H3,(H,50,54)(H,51,56). The molecule has 322 valence electrons. The van der Waals surface area contributed by atoms with Crippen LogP contribution in [-0.4, -0.2) is 66.4 Å². The highest BCUT2D eigenvalue weighted by Gasteiger charge is 2.65. The van der Waals surface area contributed by atoms with Gasteiger partial charge >= 0.3 is 5.97 Å². The van der Waals surface area contributed by atoms with Crippen LogP contribution in [0.15, 0.2) is 35.4 Å². The van der Waals surface area contributed by atoms with Crippen LogP contribution in [0.2, 0.25) is 0 Å². The van der Waals surface area contributed by atoms with Gasteiger partial charge in [0.05, 0.1) is 24.7 Å². The molecule has 10 heteroatoms. The predicted octanol–water partition coefficient (Wildman–Crippen LogP) is 7.81. The van der Waals surface area contributed by atoms with Crippen molar-refractivity contribution >= 4 is 29.9 Å². The minimum Gasteiger partial charge on any atom is -0.488 e. The third-order valence-electron chi connectivity index (χ3n) is 17.4. The molecule has 7 aliphatic rings. The fraction of sp³-hybridized carbons (Fsp3) is 0.735. The minimum atomic E-state index is -1.23. The number of carbonyl (C=O) groups is 5. The van der Waals surface area contributed by atoms with Crippen LogP contribution in [0.1, 0.15) is 136 Å². The molecule has 13 atom stereocenters. The molecular formula is C49H68N2O8. The number of esters is 1. The molecule has 8 rings (SSSR count). The Morgan fingerprint density at radius 1 is 0.915 bits per heavy atom. The lowest BCUT2D eigenvalue weighted by molar-refractivity contribution is -0.195. The number of fused-ring (bicyclic) bond motifs is 7. The Morgan fingerprint density at radius 3 is 2.27 bits per heavy atom. The van der Waals surface area contributed by atoms with E-state index in [9.17, 15) is 24.0 Å². The second kappa shape index (κ2) is 15.4. The van der Waals surface area contributed by atoms with E-state index in [1.54, 1.807) is 38.1 Å². The molecule has 59 heavy (non-hydrogen) atoms. The van der Waals surface area contributed by atoms with Gasteiger partial charge in [-0.2, -0.15) is 0 Å². The summed E-state index contributed by atoms with van der Waals surface area (Å²) in [6.45, 7) is 18.3. The zero-order valence-corrected chi connectivity index (χ0v) is 36.7. The molecule has 1 aromatic carbocycles. The first-order valence-corrected chi connectivity index (χ1v) is 22.9. The fourth-order valence-electron chi connectivity index (χ4n) is 14.0. The summed E-state index contributed by atoms with van der Waals surface area (Å²) in [5.41, 5.74) is 0.728. The maximum absolute atomic E-state index is 14.4. The third-order valence-corrected chi connectivity index (χ3v) is 17.4. The Morgan fingerprint density at radius 2 is 1.61 bits per heavy atom. The Bertz CT molecular complexity index is 1880. The highest BCUT2D eigenvalue weighted by atomic mass is 16.5. The lowest BCUT2D eigenvalue weighted by Crippen LogP contribution is -2.65. The number of hydrogen-bond donors (Lipinski definition) is 2. The Labute approximate surface area is 351 Å². The number of aldehydes is 1. The monoisotopic (exact) mass is 812 g/mol. The van der Waals surface area contributed by atoms with Crippen LogP contribution in [0.5, 0.6) is 5.75 Å². The first-order valence-electron chi connectivity index (χ1n) is 22.9. The second-order valence-electron chi connectivity index (χ2n) is 21.2.